The normalized spacial score (nSPS) is 12.1. The van der Waals surface area contributed by atoms with E-state index in [1.54, 1.807) is 0 Å². The molecule has 0 spiro atoms. The summed E-state index contributed by atoms with van der Waals surface area (Å²) in [6.07, 6.45) is 3.92. The number of hydrogen-bond acceptors (Lipinski definition) is 3. The van der Waals surface area contributed by atoms with Crippen molar-refractivity contribution >= 4 is 11.8 Å². The van der Waals surface area contributed by atoms with Gasteiger partial charge in [0.2, 0.25) is 0 Å². The molecule has 0 heterocycles. The Hall–Kier alpha value is -1.75. The molecule has 4 nitrogen and oxygen atoms in total. The van der Waals surface area contributed by atoms with E-state index in [1.165, 1.54) is 24.3 Å². The van der Waals surface area contributed by atoms with E-state index >= 15 is 0 Å². The van der Waals surface area contributed by atoms with E-state index in [4.69, 9.17) is 5.11 Å². The molecule has 0 aromatic heterocycles. The van der Waals surface area contributed by atoms with Crippen LogP contribution in [-0.2, 0) is 4.79 Å². The topological polar surface area (TPSA) is 66.4 Å². The maximum absolute atomic E-state index is 12.9. The predicted octanol–water partition coefficient (Wildman–Crippen LogP) is 3.02. The third kappa shape index (κ3) is 6.49. The summed E-state index contributed by atoms with van der Waals surface area (Å²) in [7, 11) is 0. The first-order chi connectivity index (χ1) is 10.0. The van der Waals surface area contributed by atoms with Crippen molar-refractivity contribution in [3.8, 4) is 0 Å². The Morgan fingerprint density at radius 1 is 1.19 bits per heavy atom. The summed E-state index contributed by atoms with van der Waals surface area (Å²) in [6.45, 7) is 2.71. The van der Waals surface area contributed by atoms with Gasteiger partial charge in [0.05, 0.1) is 12.5 Å². The number of carbonyl (C=O) groups excluding carboxylic acids is 1. The van der Waals surface area contributed by atoms with Crippen molar-refractivity contribution in [3.05, 3.63) is 35.6 Å². The number of carboxylic acids is 1. The largest absolute Gasteiger partial charge is 0.481 e. The Morgan fingerprint density at radius 3 is 2.43 bits per heavy atom. The summed E-state index contributed by atoms with van der Waals surface area (Å²) >= 11 is 0. The Kier molecular flexibility index (Phi) is 7.61. The molecule has 5 heteroatoms. The SMILES string of the molecule is CCCCCCNC(CC(=O)O)C(=O)c1ccc(F)cc1. The lowest BCUT2D eigenvalue weighted by Gasteiger charge is -2.16. The molecule has 1 rings (SSSR count). The molecule has 0 saturated heterocycles. The van der Waals surface area contributed by atoms with Crippen molar-refractivity contribution in [3.63, 3.8) is 0 Å². The molecule has 0 saturated carbocycles. The van der Waals surface area contributed by atoms with Gasteiger partial charge in [-0.2, -0.15) is 0 Å². The summed E-state index contributed by atoms with van der Waals surface area (Å²) in [6, 6.07) is 4.39. The molecule has 0 fully saturated rings. The van der Waals surface area contributed by atoms with E-state index in [2.05, 4.69) is 12.2 Å². The van der Waals surface area contributed by atoms with Crippen LogP contribution in [0.5, 0.6) is 0 Å². The second kappa shape index (κ2) is 9.23. The van der Waals surface area contributed by atoms with Crippen LogP contribution >= 0.6 is 0 Å². The summed E-state index contributed by atoms with van der Waals surface area (Å²) < 4.78 is 12.9. The highest BCUT2D eigenvalue weighted by atomic mass is 19.1. The Labute approximate surface area is 124 Å². The van der Waals surface area contributed by atoms with Crippen molar-refractivity contribution in [2.75, 3.05) is 6.54 Å². The predicted molar refractivity (Wildman–Crippen MR) is 78.9 cm³/mol. The van der Waals surface area contributed by atoms with E-state index in [1.807, 2.05) is 0 Å². The highest BCUT2D eigenvalue weighted by Crippen LogP contribution is 2.09. The van der Waals surface area contributed by atoms with Gasteiger partial charge in [-0.05, 0) is 37.2 Å². The molecule has 0 aliphatic heterocycles. The second-order valence-electron chi connectivity index (χ2n) is 5.04. The summed E-state index contributed by atoms with van der Waals surface area (Å²) in [5.74, 6) is -1.77. The minimum absolute atomic E-state index is 0.274. The molecular formula is C16H22FNO3. The van der Waals surface area contributed by atoms with Crippen LogP contribution in [0.1, 0.15) is 49.4 Å². The zero-order valence-electron chi connectivity index (χ0n) is 12.3. The maximum Gasteiger partial charge on any atom is 0.305 e. The van der Waals surface area contributed by atoms with Crippen LogP contribution < -0.4 is 5.32 Å². The first kappa shape index (κ1) is 17.3. The van der Waals surface area contributed by atoms with Gasteiger partial charge in [0.15, 0.2) is 5.78 Å². The number of aliphatic carboxylic acids is 1. The third-order valence-electron chi connectivity index (χ3n) is 3.25. The van der Waals surface area contributed by atoms with Crippen molar-refractivity contribution in [2.45, 2.75) is 45.1 Å². The maximum atomic E-state index is 12.9. The number of hydrogen-bond donors (Lipinski definition) is 2. The minimum Gasteiger partial charge on any atom is -0.481 e. The summed E-state index contributed by atoms with van der Waals surface area (Å²) in [5.41, 5.74) is 0.323. The van der Waals surface area contributed by atoms with Crippen LogP contribution in [0, 0.1) is 5.82 Å². The van der Waals surface area contributed by atoms with Crippen LogP contribution in [0.3, 0.4) is 0 Å². The Balaban J connectivity index is 2.61. The molecule has 0 aliphatic rings. The van der Waals surface area contributed by atoms with Crippen LogP contribution in [-0.4, -0.2) is 29.4 Å². The number of unbranched alkanes of at least 4 members (excludes halogenated alkanes) is 3. The van der Waals surface area contributed by atoms with Crippen LogP contribution in [0.25, 0.3) is 0 Å². The monoisotopic (exact) mass is 295 g/mol. The summed E-state index contributed by atoms with van der Waals surface area (Å²) in [4.78, 5) is 23.1. The number of benzene rings is 1. The fourth-order valence-corrected chi connectivity index (χ4v) is 2.08. The van der Waals surface area contributed by atoms with E-state index in [-0.39, 0.29) is 12.2 Å². The number of nitrogens with one attached hydrogen (secondary N) is 1. The van der Waals surface area contributed by atoms with Gasteiger partial charge in [0, 0.05) is 5.56 Å². The van der Waals surface area contributed by atoms with Crippen LogP contribution in [0.4, 0.5) is 4.39 Å². The number of Topliss-reactive ketones (excluding diaryl/α,β-unsaturated/α-hetero) is 1. The summed E-state index contributed by atoms with van der Waals surface area (Å²) in [5, 5.41) is 11.9. The lowest BCUT2D eigenvalue weighted by Crippen LogP contribution is -2.39. The van der Waals surface area contributed by atoms with Crippen molar-refractivity contribution in [1.29, 1.82) is 0 Å². The van der Waals surface area contributed by atoms with Gasteiger partial charge in [-0.25, -0.2) is 4.39 Å². The molecule has 2 N–H and O–H groups in total. The highest BCUT2D eigenvalue weighted by molar-refractivity contribution is 6.01. The zero-order valence-corrected chi connectivity index (χ0v) is 12.3. The number of rotatable bonds is 10. The molecule has 0 amide bonds. The quantitative estimate of drug-likeness (QED) is 0.514. The third-order valence-corrected chi connectivity index (χ3v) is 3.25. The lowest BCUT2D eigenvalue weighted by atomic mass is 10.0. The van der Waals surface area contributed by atoms with Gasteiger partial charge in [-0.15, -0.1) is 0 Å². The average Bonchev–Trinajstić information content (AvgIpc) is 2.45. The van der Waals surface area contributed by atoms with Gasteiger partial charge in [-0.1, -0.05) is 26.2 Å². The molecule has 1 aromatic rings. The van der Waals surface area contributed by atoms with Gasteiger partial charge >= 0.3 is 5.97 Å². The first-order valence-electron chi connectivity index (χ1n) is 7.29. The molecular weight excluding hydrogens is 273 g/mol. The van der Waals surface area contributed by atoms with E-state index in [0.717, 1.165) is 25.7 Å². The number of carbonyl (C=O) groups is 2. The van der Waals surface area contributed by atoms with E-state index < -0.39 is 17.8 Å². The molecule has 1 atom stereocenters. The standard InChI is InChI=1S/C16H22FNO3/c1-2-3-4-5-10-18-14(11-15(19)20)16(21)12-6-8-13(17)9-7-12/h6-9,14,18H,2-5,10-11H2,1H3,(H,19,20). The van der Waals surface area contributed by atoms with E-state index in [9.17, 15) is 14.0 Å². The van der Waals surface area contributed by atoms with Gasteiger partial charge < -0.3 is 10.4 Å². The van der Waals surface area contributed by atoms with Crippen molar-refractivity contribution in [2.24, 2.45) is 0 Å². The molecule has 1 unspecified atom stereocenters. The minimum atomic E-state index is -1.03. The molecule has 0 radical (unpaired) electrons. The average molecular weight is 295 g/mol. The molecule has 0 aliphatic carbocycles. The van der Waals surface area contributed by atoms with E-state index in [0.29, 0.717) is 12.1 Å². The molecule has 0 bridgehead atoms. The van der Waals surface area contributed by atoms with Crippen molar-refractivity contribution < 1.29 is 19.1 Å². The fourth-order valence-electron chi connectivity index (χ4n) is 2.08. The molecule has 21 heavy (non-hydrogen) atoms. The molecule has 116 valence electrons. The number of halogens is 1. The number of ketones is 1. The van der Waals surface area contributed by atoms with Gasteiger partial charge in [0.1, 0.15) is 5.82 Å². The van der Waals surface area contributed by atoms with Crippen LogP contribution in [0.2, 0.25) is 0 Å². The second-order valence-corrected chi connectivity index (χ2v) is 5.04. The lowest BCUT2D eigenvalue weighted by molar-refractivity contribution is -0.137. The highest BCUT2D eigenvalue weighted by Gasteiger charge is 2.22. The van der Waals surface area contributed by atoms with Crippen molar-refractivity contribution in [1.82, 2.24) is 5.32 Å². The Bertz CT molecular complexity index is 459. The molecule has 1 aromatic carbocycles. The van der Waals surface area contributed by atoms with Gasteiger partial charge in [-0.3, -0.25) is 9.59 Å². The number of carboxylic acid groups (broad SMARTS) is 1. The fraction of sp³-hybridized carbons (Fsp3) is 0.500. The smallest absolute Gasteiger partial charge is 0.305 e. The van der Waals surface area contributed by atoms with Crippen LogP contribution in [0.15, 0.2) is 24.3 Å². The van der Waals surface area contributed by atoms with Gasteiger partial charge in [0.25, 0.3) is 0 Å². The zero-order chi connectivity index (χ0) is 15.7. The first-order valence-corrected chi connectivity index (χ1v) is 7.29. The Morgan fingerprint density at radius 2 is 1.86 bits per heavy atom.